The van der Waals surface area contributed by atoms with Crippen molar-refractivity contribution in [1.29, 1.82) is 0 Å². The van der Waals surface area contributed by atoms with E-state index in [0.29, 0.717) is 13.0 Å². The Morgan fingerprint density at radius 2 is 2.11 bits per heavy atom. The van der Waals surface area contributed by atoms with Crippen molar-refractivity contribution in [3.63, 3.8) is 0 Å². The van der Waals surface area contributed by atoms with E-state index in [1.807, 2.05) is 18.2 Å². The summed E-state index contributed by atoms with van der Waals surface area (Å²) in [5.41, 5.74) is 6.84. The number of carbonyl (C=O) groups excluding carboxylic acids is 1. The highest BCUT2D eigenvalue weighted by Crippen LogP contribution is 2.28. The average Bonchev–Trinajstić information content (AvgIpc) is 2.38. The molecule has 4 nitrogen and oxygen atoms in total. The summed E-state index contributed by atoms with van der Waals surface area (Å²) in [4.78, 5) is 16.0. The third-order valence-corrected chi connectivity index (χ3v) is 3.55. The Balaban J connectivity index is 1.78. The molecule has 0 bridgehead atoms. The van der Waals surface area contributed by atoms with Gasteiger partial charge in [-0.05, 0) is 25.0 Å². The lowest BCUT2D eigenvalue weighted by Gasteiger charge is -2.32. The Labute approximate surface area is 108 Å². The van der Waals surface area contributed by atoms with E-state index in [-0.39, 0.29) is 11.4 Å². The molecular weight excluding hydrogens is 226 g/mol. The number of carbonyl (C=O) groups is 1. The zero-order valence-electron chi connectivity index (χ0n) is 10.7. The van der Waals surface area contributed by atoms with Crippen LogP contribution in [-0.2, 0) is 11.3 Å². The first-order valence-electron chi connectivity index (χ1n) is 6.63. The van der Waals surface area contributed by atoms with Crippen molar-refractivity contribution in [2.24, 2.45) is 5.73 Å². The number of nitrogens with one attached hydrogen (secondary N) is 1. The fourth-order valence-corrected chi connectivity index (χ4v) is 2.51. The molecule has 4 heteroatoms. The molecule has 1 heterocycles. The van der Waals surface area contributed by atoms with Crippen LogP contribution in [0.25, 0.3) is 0 Å². The molecule has 98 valence electrons. The van der Waals surface area contributed by atoms with Crippen LogP contribution in [-0.4, -0.2) is 16.4 Å². The summed E-state index contributed by atoms with van der Waals surface area (Å²) in [6.07, 6.45) is 7.61. The van der Waals surface area contributed by atoms with E-state index < -0.39 is 0 Å². The topological polar surface area (TPSA) is 68.0 Å². The smallest absolute Gasteiger partial charge is 0.222 e. The van der Waals surface area contributed by atoms with Gasteiger partial charge < -0.3 is 11.1 Å². The zero-order valence-corrected chi connectivity index (χ0v) is 10.7. The van der Waals surface area contributed by atoms with E-state index in [1.165, 1.54) is 6.42 Å². The van der Waals surface area contributed by atoms with Gasteiger partial charge in [0.2, 0.25) is 5.91 Å². The van der Waals surface area contributed by atoms with E-state index in [1.54, 1.807) is 6.20 Å². The second-order valence-electron chi connectivity index (χ2n) is 5.20. The van der Waals surface area contributed by atoms with Crippen molar-refractivity contribution < 1.29 is 4.79 Å². The van der Waals surface area contributed by atoms with Gasteiger partial charge in [0.25, 0.3) is 0 Å². The van der Waals surface area contributed by atoms with E-state index in [2.05, 4.69) is 10.3 Å². The quantitative estimate of drug-likeness (QED) is 0.851. The molecule has 0 radical (unpaired) electrons. The molecule has 18 heavy (non-hydrogen) atoms. The van der Waals surface area contributed by atoms with Gasteiger partial charge in [0.15, 0.2) is 0 Å². The number of nitrogens with zero attached hydrogens (tertiary/aromatic N) is 1. The van der Waals surface area contributed by atoms with Gasteiger partial charge >= 0.3 is 0 Å². The van der Waals surface area contributed by atoms with Crippen LogP contribution in [0.4, 0.5) is 0 Å². The second kappa shape index (κ2) is 5.96. The van der Waals surface area contributed by atoms with Gasteiger partial charge in [0.05, 0.1) is 12.2 Å². The predicted octanol–water partition coefficient (Wildman–Crippen LogP) is 1.75. The maximum Gasteiger partial charge on any atom is 0.222 e. The van der Waals surface area contributed by atoms with E-state index in [4.69, 9.17) is 5.73 Å². The summed E-state index contributed by atoms with van der Waals surface area (Å²) < 4.78 is 0. The molecule has 1 amide bonds. The molecule has 0 aromatic carbocycles. The number of amides is 1. The molecule has 0 aliphatic heterocycles. The van der Waals surface area contributed by atoms with Gasteiger partial charge in [-0.15, -0.1) is 0 Å². The maximum atomic E-state index is 11.9. The standard InChI is InChI=1S/C14H21N3O/c15-14(7-3-1-4-8-14)10-13(18)17-11-12-6-2-5-9-16-12/h2,5-6,9H,1,3-4,7-8,10-11,15H2,(H,17,18). The minimum atomic E-state index is -0.285. The van der Waals surface area contributed by atoms with Crippen LogP contribution in [0.15, 0.2) is 24.4 Å². The second-order valence-corrected chi connectivity index (χ2v) is 5.20. The molecule has 1 aliphatic rings. The number of pyridine rings is 1. The molecule has 2 rings (SSSR count). The average molecular weight is 247 g/mol. The van der Waals surface area contributed by atoms with Crippen molar-refractivity contribution in [3.05, 3.63) is 30.1 Å². The van der Waals surface area contributed by atoms with Crippen LogP contribution >= 0.6 is 0 Å². The highest BCUT2D eigenvalue weighted by atomic mass is 16.1. The summed E-state index contributed by atoms with van der Waals surface area (Å²) in [5.74, 6) is 0.0325. The monoisotopic (exact) mass is 247 g/mol. The molecule has 1 aromatic rings. The number of aromatic nitrogens is 1. The Bertz CT molecular complexity index is 385. The molecule has 1 saturated carbocycles. The van der Waals surface area contributed by atoms with Gasteiger partial charge in [-0.3, -0.25) is 9.78 Å². The Morgan fingerprint density at radius 3 is 2.78 bits per heavy atom. The van der Waals surface area contributed by atoms with Crippen molar-refractivity contribution in [2.45, 2.75) is 50.6 Å². The minimum Gasteiger partial charge on any atom is -0.350 e. The van der Waals surface area contributed by atoms with Crippen LogP contribution < -0.4 is 11.1 Å². The molecular formula is C14H21N3O. The lowest BCUT2D eigenvalue weighted by atomic mass is 9.80. The normalized spacial score (nSPS) is 18.3. The summed E-state index contributed by atoms with van der Waals surface area (Å²) in [6, 6.07) is 5.68. The first-order chi connectivity index (χ1) is 8.68. The molecule has 1 fully saturated rings. The summed E-state index contributed by atoms with van der Waals surface area (Å²) in [6.45, 7) is 0.482. The van der Waals surface area contributed by atoms with Crippen molar-refractivity contribution in [3.8, 4) is 0 Å². The Hall–Kier alpha value is -1.42. The van der Waals surface area contributed by atoms with Crippen LogP contribution in [0.3, 0.4) is 0 Å². The highest BCUT2D eigenvalue weighted by molar-refractivity contribution is 5.77. The molecule has 0 spiro atoms. The first-order valence-corrected chi connectivity index (χ1v) is 6.63. The molecule has 0 atom stereocenters. The van der Waals surface area contributed by atoms with Gasteiger partial charge in [-0.25, -0.2) is 0 Å². The summed E-state index contributed by atoms with van der Waals surface area (Å²) >= 11 is 0. The number of hydrogen-bond donors (Lipinski definition) is 2. The van der Waals surface area contributed by atoms with Gasteiger partial charge in [-0.1, -0.05) is 25.3 Å². The summed E-state index contributed by atoms with van der Waals surface area (Å²) in [7, 11) is 0. The SMILES string of the molecule is NC1(CC(=O)NCc2ccccn2)CCCCC1. The molecule has 1 aliphatic carbocycles. The first kappa shape index (κ1) is 13.0. The fourth-order valence-electron chi connectivity index (χ4n) is 2.51. The van der Waals surface area contributed by atoms with Crippen LogP contribution in [0.2, 0.25) is 0 Å². The largest absolute Gasteiger partial charge is 0.350 e. The van der Waals surface area contributed by atoms with E-state index >= 15 is 0 Å². The predicted molar refractivity (Wildman–Crippen MR) is 70.7 cm³/mol. The minimum absolute atomic E-state index is 0.0325. The van der Waals surface area contributed by atoms with Gasteiger partial charge in [-0.2, -0.15) is 0 Å². The third kappa shape index (κ3) is 3.81. The highest BCUT2D eigenvalue weighted by Gasteiger charge is 2.29. The number of rotatable bonds is 4. The van der Waals surface area contributed by atoms with E-state index in [0.717, 1.165) is 31.4 Å². The molecule has 0 saturated heterocycles. The number of nitrogens with two attached hydrogens (primary N) is 1. The van der Waals surface area contributed by atoms with Crippen molar-refractivity contribution >= 4 is 5.91 Å². The van der Waals surface area contributed by atoms with Crippen molar-refractivity contribution in [1.82, 2.24) is 10.3 Å². The van der Waals surface area contributed by atoms with E-state index in [9.17, 15) is 4.79 Å². The maximum absolute atomic E-state index is 11.9. The van der Waals surface area contributed by atoms with Crippen LogP contribution in [0.5, 0.6) is 0 Å². The van der Waals surface area contributed by atoms with Gasteiger partial charge in [0.1, 0.15) is 0 Å². The Kier molecular flexibility index (Phi) is 4.31. The number of hydrogen-bond acceptors (Lipinski definition) is 3. The molecule has 0 unspecified atom stereocenters. The fraction of sp³-hybridized carbons (Fsp3) is 0.571. The Morgan fingerprint density at radius 1 is 1.33 bits per heavy atom. The van der Waals surface area contributed by atoms with Crippen molar-refractivity contribution in [2.75, 3.05) is 0 Å². The molecule has 1 aromatic heterocycles. The van der Waals surface area contributed by atoms with Crippen LogP contribution in [0, 0.1) is 0 Å². The lowest BCUT2D eigenvalue weighted by molar-refractivity contribution is -0.122. The van der Waals surface area contributed by atoms with Gasteiger partial charge in [0, 0.05) is 18.2 Å². The summed E-state index contributed by atoms with van der Waals surface area (Å²) in [5, 5.41) is 2.89. The lowest BCUT2D eigenvalue weighted by Crippen LogP contribution is -2.45. The zero-order chi connectivity index (χ0) is 12.8. The third-order valence-electron chi connectivity index (χ3n) is 3.55. The molecule has 3 N–H and O–H groups in total. The van der Waals surface area contributed by atoms with Crippen LogP contribution in [0.1, 0.15) is 44.2 Å².